The second-order valence-electron chi connectivity index (χ2n) is 5.19. The molecule has 3 aromatic rings. The average Bonchev–Trinajstić information content (AvgIpc) is 2.53. The Morgan fingerprint density at radius 1 is 0.783 bits per heavy atom. The Morgan fingerprint density at radius 2 is 1.48 bits per heavy atom. The van der Waals surface area contributed by atoms with Gasteiger partial charge in [-0.05, 0) is 23.8 Å². The molecule has 1 heterocycles. The Morgan fingerprint density at radius 3 is 2.17 bits per heavy atom. The van der Waals surface area contributed by atoms with Crippen LogP contribution in [0.25, 0.3) is 22.3 Å². The van der Waals surface area contributed by atoms with Gasteiger partial charge in [0.1, 0.15) is 0 Å². The molecular formula is C18H12Cl3NO. The van der Waals surface area contributed by atoms with Crippen LogP contribution in [-0.4, -0.2) is 4.57 Å². The van der Waals surface area contributed by atoms with Crippen molar-refractivity contribution in [1.29, 1.82) is 0 Å². The summed E-state index contributed by atoms with van der Waals surface area (Å²) in [6.07, 6.45) is 3.53. The Balaban J connectivity index is 2.26. The van der Waals surface area contributed by atoms with Crippen LogP contribution in [0.15, 0.2) is 59.7 Å². The van der Waals surface area contributed by atoms with Crippen LogP contribution in [0.2, 0.25) is 15.1 Å². The van der Waals surface area contributed by atoms with Gasteiger partial charge in [-0.3, -0.25) is 4.79 Å². The molecule has 0 aliphatic heterocycles. The van der Waals surface area contributed by atoms with Crippen molar-refractivity contribution < 1.29 is 0 Å². The third-order valence-corrected chi connectivity index (χ3v) is 4.62. The number of pyridine rings is 1. The van der Waals surface area contributed by atoms with E-state index < -0.39 is 0 Å². The molecule has 23 heavy (non-hydrogen) atoms. The van der Waals surface area contributed by atoms with Crippen molar-refractivity contribution in [2.24, 2.45) is 7.05 Å². The second-order valence-corrected chi connectivity index (χ2v) is 6.41. The summed E-state index contributed by atoms with van der Waals surface area (Å²) in [5, 5.41) is 1.40. The summed E-state index contributed by atoms with van der Waals surface area (Å²) < 4.78 is 1.83. The third kappa shape index (κ3) is 3.16. The van der Waals surface area contributed by atoms with Crippen molar-refractivity contribution >= 4 is 34.8 Å². The van der Waals surface area contributed by atoms with Gasteiger partial charge in [0.25, 0.3) is 0 Å². The number of hydrogen-bond donors (Lipinski definition) is 0. The summed E-state index contributed by atoms with van der Waals surface area (Å²) >= 11 is 18.3. The highest BCUT2D eigenvalue weighted by Crippen LogP contribution is 2.29. The molecule has 2 aromatic carbocycles. The number of benzene rings is 2. The smallest absolute Gasteiger partial charge is 0.197 e. The van der Waals surface area contributed by atoms with Crippen molar-refractivity contribution in [2.45, 2.75) is 0 Å². The highest BCUT2D eigenvalue weighted by Gasteiger charge is 2.13. The van der Waals surface area contributed by atoms with Gasteiger partial charge in [-0.25, -0.2) is 0 Å². The van der Waals surface area contributed by atoms with Crippen molar-refractivity contribution in [3.8, 4) is 22.3 Å². The van der Waals surface area contributed by atoms with Gasteiger partial charge in [-0.2, -0.15) is 0 Å². The number of halogens is 3. The van der Waals surface area contributed by atoms with Gasteiger partial charge in [0.05, 0.1) is 10.0 Å². The first-order valence-corrected chi connectivity index (χ1v) is 8.01. The number of aromatic nitrogens is 1. The SMILES string of the molecule is Cn1cc(-c2ccc(Cl)c(Cl)c2)c(=O)c(-c2ccccc2Cl)c1. The van der Waals surface area contributed by atoms with E-state index in [1.165, 1.54) is 0 Å². The first kappa shape index (κ1) is 16.1. The van der Waals surface area contributed by atoms with Crippen LogP contribution < -0.4 is 5.43 Å². The number of nitrogens with zero attached hydrogens (tertiary/aromatic N) is 1. The first-order valence-electron chi connectivity index (χ1n) is 6.88. The van der Waals surface area contributed by atoms with Gasteiger partial charge in [0, 0.05) is 41.2 Å². The Hall–Kier alpha value is -1.74. The maximum atomic E-state index is 12.9. The Bertz CT molecular complexity index is 947. The van der Waals surface area contributed by atoms with Crippen LogP contribution >= 0.6 is 34.8 Å². The van der Waals surface area contributed by atoms with Gasteiger partial charge in [-0.1, -0.05) is 59.1 Å². The molecule has 3 rings (SSSR count). The monoisotopic (exact) mass is 363 g/mol. The summed E-state index contributed by atoms with van der Waals surface area (Å²) in [4.78, 5) is 12.9. The van der Waals surface area contributed by atoms with E-state index in [0.29, 0.717) is 37.3 Å². The molecule has 0 bridgehead atoms. The molecule has 0 aliphatic carbocycles. The van der Waals surface area contributed by atoms with Crippen LogP contribution in [-0.2, 0) is 7.05 Å². The molecule has 0 fully saturated rings. The molecule has 1 aromatic heterocycles. The number of aryl methyl sites for hydroxylation is 1. The van der Waals surface area contributed by atoms with Gasteiger partial charge in [0.2, 0.25) is 0 Å². The predicted molar refractivity (Wildman–Crippen MR) is 97.6 cm³/mol. The van der Waals surface area contributed by atoms with Gasteiger partial charge < -0.3 is 4.57 Å². The lowest BCUT2D eigenvalue weighted by Crippen LogP contribution is -2.11. The topological polar surface area (TPSA) is 22.0 Å². The molecule has 116 valence electrons. The molecule has 0 unspecified atom stereocenters. The third-order valence-electron chi connectivity index (χ3n) is 3.55. The number of rotatable bonds is 2. The van der Waals surface area contributed by atoms with E-state index >= 15 is 0 Å². The molecule has 0 amide bonds. The van der Waals surface area contributed by atoms with Crippen molar-refractivity contribution in [1.82, 2.24) is 4.57 Å². The fourth-order valence-corrected chi connectivity index (χ4v) is 2.98. The Labute approximate surface area is 148 Å². The van der Waals surface area contributed by atoms with E-state index in [-0.39, 0.29) is 5.43 Å². The van der Waals surface area contributed by atoms with Crippen LogP contribution in [0.1, 0.15) is 0 Å². The molecular weight excluding hydrogens is 353 g/mol. The lowest BCUT2D eigenvalue weighted by atomic mass is 10.0. The molecule has 0 atom stereocenters. The molecule has 0 saturated heterocycles. The molecule has 2 nitrogen and oxygen atoms in total. The van der Waals surface area contributed by atoms with E-state index in [1.807, 2.05) is 29.8 Å². The van der Waals surface area contributed by atoms with Gasteiger partial charge in [0.15, 0.2) is 5.43 Å². The van der Waals surface area contributed by atoms with Crippen LogP contribution in [0, 0.1) is 0 Å². The summed E-state index contributed by atoms with van der Waals surface area (Å²) in [5.41, 5.74) is 2.41. The molecule has 0 aliphatic rings. The van der Waals surface area contributed by atoms with Crippen LogP contribution in [0.3, 0.4) is 0 Å². The lowest BCUT2D eigenvalue weighted by molar-refractivity contribution is 0.904. The zero-order valence-corrected chi connectivity index (χ0v) is 14.5. The standard InChI is InChI=1S/C18H12Cl3NO/c1-22-9-13(11-6-7-16(20)17(21)8-11)18(23)14(10-22)12-4-2-3-5-15(12)19/h2-10H,1H3. The normalized spacial score (nSPS) is 10.8. The predicted octanol–water partition coefficient (Wildman–Crippen LogP) is 5.68. The lowest BCUT2D eigenvalue weighted by Gasteiger charge is -2.10. The first-order chi connectivity index (χ1) is 11.0. The fraction of sp³-hybridized carbons (Fsp3) is 0.0556. The minimum atomic E-state index is -0.102. The highest BCUT2D eigenvalue weighted by atomic mass is 35.5. The zero-order chi connectivity index (χ0) is 16.6. The molecule has 5 heteroatoms. The minimum absolute atomic E-state index is 0.102. The van der Waals surface area contributed by atoms with E-state index in [9.17, 15) is 4.79 Å². The molecule has 0 radical (unpaired) electrons. The molecule has 0 saturated carbocycles. The number of hydrogen-bond acceptors (Lipinski definition) is 1. The largest absolute Gasteiger partial charge is 0.356 e. The van der Waals surface area contributed by atoms with Crippen molar-refractivity contribution in [3.05, 3.63) is 80.1 Å². The van der Waals surface area contributed by atoms with Gasteiger partial charge in [-0.15, -0.1) is 0 Å². The average molecular weight is 365 g/mol. The molecule has 0 spiro atoms. The van der Waals surface area contributed by atoms with Crippen LogP contribution in [0.4, 0.5) is 0 Å². The highest BCUT2D eigenvalue weighted by molar-refractivity contribution is 6.42. The Kier molecular flexibility index (Phi) is 4.49. The molecule has 0 N–H and O–H groups in total. The summed E-state index contributed by atoms with van der Waals surface area (Å²) in [5.74, 6) is 0. The summed E-state index contributed by atoms with van der Waals surface area (Å²) in [6.45, 7) is 0. The summed E-state index contributed by atoms with van der Waals surface area (Å²) in [6, 6.07) is 12.4. The van der Waals surface area contributed by atoms with Crippen molar-refractivity contribution in [3.63, 3.8) is 0 Å². The van der Waals surface area contributed by atoms with Crippen LogP contribution in [0.5, 0.6) is 0 Å². The van der Waals surface area contributed by atoms with E-state index in [0.717, 1.165) is 0 Å². The summed E-state index contributed by atoms with van der Waals surface area (Å²) in [7, 11) is 1.86. The quantitative estimate of drug-likeness (QED) is 0.573. The van der Waals surface area contributed by atoms with E-state index in [1.54, 1.807) is 36.7 Å². The van der Waals surface area contributed by atoms with E-state index in [4.69, 9.17) is 34.8 Å². The zero-order valence-electron chi connectivity index (χ0n) is 12.2. The maximum absolute atomic E-state index is 12.9. The van der Waals surface area contributed by atoms with Crippen molar-refractivity contribution in [2.75, 3.05) is 0 Å². The fourth-order valence-electron chi connectivity index (χ4n) is 2.45. The maximum Gasteiger partial charge on any atom is 0.197 e. The second kappa shape index (κ2) is 6.40. The minimum Gasteiger partial charge on any atom is -0.356 e. The van der Waals surface area contributed by atoms with Gasteiger partial charge >= 0.3 is 0 Å². The van der Waals surface area contributed by atoms with E-state index in [2.05, 4.69) is 0 Å².